The monoisotopic (exact) mass is 266 g/mol. The van der Waals surface area contributed by atoms with Crippen molar-refractivity contribution in [1.82, 2.24) is 0 Å². The molecule has 1 aromatic carbocycles. The van der Waals surface area contributed by atoms with E-state index in [0.717, 1.165) is 11.3 Å². The number of thiol groups is 1. The minimum absolute atomic E-state index is 1.08. The molecule has 0 aromatic heterocycles. The molecule has 1 rings (SSSR count). The average molecular weight is 266 g/mol. The Labute approximate surface area is 120 Å². The normalized spacial score (nSPS) is 7.50. The molecule has 0 bridgehead atoms. The molecule has 0 amide bonds. The van der Waals surface area contributed by atoms with Gasteiger partial charge >= 0.3 is 0 Å². The van der Waals surface area contributed by atoms with Gasteiger partial charge in [0.25, 0.3) is 0 Å². The van der Waals surface area contributed by atoms with Gasteiger partial charge in [0.15, 0.2) is 0 Å². The largest absolute Gasteiger partial charge is 0.143 e. The van der Waals surface area contributed by atoms with E-state index in [0.29, 0.717) is 0 Å². The Morgan fingerprint density at radius 1 is 1.00 bits per heavy atom. The van der Waals surface area contributed by atoms with Crippen molar-refractivity contribution >= 4 is 12.6 Å². The fourth-order valence-electron chi connectivity index (χ4n) is 0.945. The topological polar surface area (TPSA) is 0 Å². The molecule has 0 radical (unpaired) electrons. The Balaban J connectivity index is -0.000000238. The second-order valence-electron chi connectivity index (χ2n) is 3.42. The second-order valence-corrected chi connectivity index (χ2v) is 3.90. The average Bonchev–Trinajstić information content (AvgIpc) is 2.41. The molecule has 1 heteroatoms. The van der Waals surface area contributed by atoms with Crippen molar-refractivity contribution in [2.45, 2.75) is 52.9 Å². The highest BCUT2D eigenvalue weighted by molar-refractivity contribution is 7.80. The minimum atomic E-state index is 1.08. The van der Waals surface area contributed by atoms with Gasteiger partial charge in [-0.15, -0.1) is 32.4 Å². The highest BCUT2D eigenvalue weighted by Gasteiger charge is 1.96. The van der Waals surface area contributed by atoms with Crippen LogP contribution in [-0.4, -0.2) is 0 Å². The van der Waals surface area contributed by atoms with E-state index in [1.165, 1.54) is 16.7 Å². The molecule has 0 saturated heterocycles. The number of allylic oxidation sites excluding steroid dienone is 1. The van der Waals surface area contributed by atoms with Crippen molar-refractivity contribution < 1.29 is 0 Å². The van der Waals surface area contributed by atoms with Crippen molar-refractivity contribution in [3.63, 3.8) is 0 Å². The fraction of sp³-hybridized carbons (Fsp3) is 0.412. The molecule has 0 saturated carbocycles. The lowest BCUT2D eigenvalue weighted by molar-refractivity contribution is 1.21. The van der Waals surface area contributed by atoms with Gasteiger partial charge in [0.1, 0.15) is 0 Å². The minimum Gasteiger partial charge on any atom is -0.143 e. The van der Waals surface area contributed by atoms with Gasteiger partial charge in [-0.3, -0.25) is 0 Å². The van der Waals surface area contributed by atoms with Crippen molar-refractivity contribution in [3.8, 4) is 0 Å². The first-order chi connectivity index (χ1) is 8.52. The van der Waals surface area contributed by atoms with Crippen LogP contribution in [-0.2, 0) is 0 Å². The zero-order chi connectivity index (χ0) is 15.1. The first-order valence-corrected chi connectivity index (χ1v) is 6.85. The lowest BCUT2D eigenvalue weighted by Gasteiger charge is -2.03. The summed E-state index contributed by atoms with van der Waals surface area (Å²) in [6, 6.07) is 4.27. The van der Waals surface area contributed by atoms with Gasteiger partial charge in [-0.2, -0.15) is 0 Å². The molecule has 0 unspecified atom stereocenters. The van der Waals surface area contributed by atoms with Crippen LogP contribution in [0.2, 0.25) is 0 Å². The first-order valence-electron chi connectivity index (χ1n) is 6.40. The Morgan fingerprint density at radius 2 is 1.33 bits per heavy atom. The molecule has 0 spiro atoms. The van der Waals surface area contributed by atoms with E-state index in [1.807, 2.05) is 19.9 Å². The second kappa shape index (κ2) is 16.1. The Morgan fingerprint density at radius 3 is 1.61 bits per heavy atom. The van der Waals surface area contributed by atoms with Crippen LogP contribution in [0.1, 0.15) is 43.9 Å². The summed E-state index contributed by atoms with van der Waals surface area (Å²) < 4.78 is 0. The quantitative estimate of drug-likeness (QED) is 0.447. The molecule has 0 nitrogen and oxygen atoms in total. The highest BCUT2D eigenvalue weighted by atomic mass is 32.1. The molecular weight excluding hydrogens is 236 g/mol. The van der Waals surface area contributed by atoms with Gasteiger partial charge in [-0.1, -0.05) is 32.9 Å². The Kier molecular flexibility index (Phi) is 19.8. The van der Waals surface area contributed by atoms with Gasteiger partial charge in [0.05, 0.1) is 0 Å². The van der Waals surface area contributed by atoms with Gasteiger partial charge in [-0.05, 0) is 49.9 Å². The van der Waals surface area contributed by atoms with Crippen molar-refractivity contribution in [2.75, 3.05) is 0 Å². The van der Waals surface area contributed by atoms with E-state index in [-0.39, 0.29) is 0 Å². The Bertz CT molecular complexity index is 263. The van der Waals surface area contributed by atoms with Gasteiger partial charge < -0.3 is 0 Å². The SMILES string of the molecule is C=C.C=CCC.CC.Cc1cc(C)c(S)cc1C. The van der Waals surface area contributed by atoms with E-state index in [2.05, 4.69) is 72.2 Å². The number of hydrogen-bond donors (Lipinski definition) is 1. The van der Waals surface area contributed by atoms with E-state index in [1.54, 1.807) is 0 Å². The third-order valence-electron chi connectivity index (χ3n) is 2.10. The molecule has 0 aliphatic carbocycles. The lowest BCUT2D eigenvalue weighted by atomic mass is 10.1. The molecule has 0 fully saturated rings. The molecule has 0 aliphatic rings. The summed E-state index contributed by atoms with van der Waals surface area (Å²) in [4.78, 5) is 1.09. The molecule has 0 N–H and O–H groups in total. The molecule has 1 aromatic rings. The van der Waals surface area contributed by atoms with Crippen LogP contribution in [0, 0.1) is 20.8 Å². The maximum Gasteiger partial charge on any atom is 0.00720 e. The zero-order valence-electron chi connectivity index (χ0n) is 13.0. The number of benzene rings is 1. The lowest BCUT2D eigenvalue weighted by Crippen LogP contribution is -1.83. The molecule has 0 heterocycles. The molecular formula is C17H30S. The number of rotatable bonds is 1. The molecule has 104 valence electrons. The van der Waals surface area contributed by atoms with Crippen LogP contribution in [0.3, 0.4) is 0 Å². The van der Waals surface area contributed by atoms with E-state index in [9.17, 15) is 0 Å². The van der Waals surface area contributed by atoms with Crippen LogP contribution < -0.4 is 0 Å². The van der Waals surface area contributed by atoms with Gasteiger partial charge in [0.2, 0.25) is 0 Å². The maximum atomic E-state index is 4.31. The number of hydrogen-bond acceptors (Lipinski definition) is 1. The summed E-state index contributed by atoms with van der Waals surface area (Å²) in [5, 5.41) is 0. The van der Waals surface area contributed by atoms with Crippen LogP contribution in [0.5, 0.6) is 0 Å². The molecule has 0 aliphatic heterocycles. The van der Waals surface area contributed by atoms with E-state index in [4.69, 9.17) is 0 Å². The summed E-state index contributed by atoms with van der Waals surface area (Å²) in [7, 11) is 0. The summed E-state index contributed by atoms with van der Waals surface area (Å²) >= 11 is 4.31. The van der Waals surface area contributed by atoms with Crippen LogP contribution in [0.15, 0.2) is 42.8 Å². The predicted molar refractivity (Wildman–Crippen MR) is 91.0 cm³/mol. The maximum absolute atomic E-state index is 4.31. The van der Waals surface area contributed by atoms with Crippen LogP contribution in [0.25, 0.3) is 0 Å². The Hall–Kier alpha value is -0.950. The third-order valence-corrected chi connectivity index (χ3v) is 2.58. The number of aryl methyl sites for hydroxylation is 3. The van der Waals surface area contributed by atoms with E-state index < -0.39 is 0 Å². The molecule has 18 heavy (non-hydrogen) atoms. The summed E-state index contributed by atoms with van der Waals surface area (Å²) in [6.07, 6.45) is 2.96. The standard InChI is InChI=1S/C9H12S.C4H8.C2H6.C2H4/c1-6-4-8(3)9(10)5-7(6)2;1-3-4-2;2*1-2/h4-5,10H,1-3H3;3H,1,4H2,2H3;1-2H3;1-2H2. The van der Waals surface area contributed by atoms with E-state index >= 15 is 0 Å². The van der Waals surface area contributed by atoms with Crippen molar-refractivity contribution in [1.29, 1.82) is 0 Å². The highest BCUT2D eigenvalue weighted by Crippen LogP contribution is 2.17. The van der Waals surface area contributed by atoms with Crippen molar-refractivity contribution in [2.24, 2.45) is 0 Å². The third kappa shape index (κ3) is 11.5. The summed E-state index contributed by atoms with van der Waals surface area (Å²) in [6.45, 7) is 21.8. The van der Waals surface area contributed by atoms with Gasteiger partial charge in [-0.25, -0.2) is 0 Å². The van der Waals surface area contributed by atoms with Crippen LogP contribution >= 0.6 is 12.6 Å². The fourth-order valence-corrected chi connectivity index (χ4v) is 1.20. The summed E-state index contributed by atoms with van der Waals surface area (Å²) in [5.41, 5.74) is 3.91. The first kappa shape index (κ1) is 22.2. The van der Waals surface area contributed by atoms with Crippen molar-refractivity contribution in [3.05, 3.63) is 54.6 Å². The van der Waals surface area contributed by atoms with Crippen LogP contribution in [0.4, 0.5) is 0 Å². The molecule has 0 atom stereocenters. The smallest absolute Gasteiger partial charge is 0.00720 e. The summed E-state index contributed by atoms with van der Waals surface area (Å²) in [5.74, 6) is 0. The van der Waals surface area contributed by atoms with Gasteiger partial charge in [0, 0.05) is 4.90 Å². The predicted octanol–water partition coefficient (Wildman–Crippen LogP) is 6.31. The zero-order valence-corrected chi connectivity index (χ0v) is 13.9.